The van der Waals surface area contributed by atoms with Crippen molar-refractivity contribution in [2.45, 2.75) is 64.8 Å². The zero-order valence-electron chi connectivity index (χ0n) is 17.7. The number of anilines is 1. The number of piperidine rings is 1. The molecule has 0 spiro atoms. The van der Waals surface area contributed by atoms with Gasteiger partial charge in [0.25, 0.3) is 0 Å². The van der Waals surface area contributed by atoms with E-state index < -0.39 is 10.0 Å². The molecule has 0 saturated carbocycles. The summed E-state index contributed by atoms with van der Waals surface area (Å²) in [5, 5.41) is 7.35. The molecule has 1 amide bonds. The molecule has 1 aromatic heterocycles. The van der Waals surface area contributed by atoms with E-state index >= 15 is 0 Å². The number of hydrogen-bond donors (Lipinski definition) is 1. The molecule has 0 atom stereocenters. The summed E-state index contributed by atoms with van der Waals surface area (Å²) in [6.07, 6.45) is 3.07. The molecule has 1 aromatic carbocycles. The molecule has 1 fully saturated rings. The number of carbonyl (C=O) groups is 1. The Morgan fingerprint density at radius 2 is 1.79 bits per heavy atom. The summed E-state index contributed by atoms with van der Waals surface area (Å²) in [6.45, 7) is 8.87. The first kappa shape index (κ1) is 21.5. The third-order valence-corrected chi connectivity index (χ3v) is 7.60. The molecular weight excluding hydrogens is 388 g/mol. The highest BCUT2D eigenvalue weighted by Gasteiger charge is 2.31. The standard InChI is InChI=1S/C21H30N4O3S/c1-15-8-9-16(2)19(14-15)22-20(26)10-13-25-18(4)21(17(3)23-25)29(27,28)24-11-6-5-7-12-24/h8-9,14H,5-7,10-13H2,1-4H3,(H,22,26). The second-order valence-electron chi connectivity index (χ2n) is 7.80. The molecule has 0 radical (unpaired) electrons. The van der Waals surface area contributed by atoms with Gasteiger partial charge in [0.2, 0.25) is 15.9 Å². The van der Waals surface area contributed by atoms with Gasteiger partial charge in [-0.2, -0.15) is 9.40 Å². The van der Waals surface area contributed by atoms with Gasteiger partial charge in [-0.05, 0) is 57.7 Å². The van der Waals surface area contributed by atoms with E-state index in [4.69, 9.17) is 0 Å². The lowest BCUT2D eigenvalue weighted by atomic mass is 10.1. The van der Waals surface area contributed by atoms with Crippen LogP contribution in [-0.4, -0.2) is 41.5 Å². The molecule has 1 saturated heterocycles. The van der Waals surface area contributed by atoms with Crippen LogP contribution in [0.25, 0.3) is 0 Å². The van der Waals surface area contributed by atoms with Gasteiger partial charge in [0.15, 0.2) is 0 Å². The van der Waals surface area contributed by atoms with Crippen LogP contribution in [0.5, 0.6) is 0 Å². The third-order valence-electron chi connectivity index (χ3n) is 5.45. The predicted molar refractivity (Wildman–Crippen MR) is 113 cm³/mol. The average molecular weight is 419 g/mol. The summed E-state index contributed by atoms with van der Waals surface area (Å²) >= 11 is 0. The van der Waals surface area contributed by atoms with E-state index in [0.29, 0.717) is 31.0 Å². The lowest BCUT2D eigenvalue weighted by Crippen LogP contribution is -2.36. The maximum absolute atomic E-state index is 13.1. The summed E-state index contributed by atoms with van der Waals surface area (Å²) in [5.41, 5.74) is 3.97. The highest BCUT2D eigenvalue weighted by molar-refractivity contribution is 7.89. The Morgan fingerprint density at radius 1 is 1.10 bits per heavy atom. The van der Waals surface area contributed by atoms with Crippen LogP contribution in [0.15, 0.2) is 23.1 Å². The molecule has 0 unspecified atom stereocenters. The van der Waals surface area contributed by atoms with Crippen LogP contribution < -0.4 is 5.32 Å². The first-order valence-electron chi connectivity index (χ1n) is 10.1. The fraction of sp³-hybridized carbons (Fsp3) is 0.524. The van der Waals surface area contributed by atoms with Crippen molar-refractivity contribution in [2.75, 3.05) is 18.4 Å². The van der Waals surface area contributed by atoms with Crippen molar-refractivity contribution in [3.63, 3.8) is 0 Å². The molecule has 1 N–H and O–H groups in total. The van der Waals surface area contributed by atoms with Crippen LogP contribution in [0.4, 0.5) is 5.69 Å². The number of nitrogens with zero attached hydrogens (tertiary/aromatic N) is 3. The number of amides is 1. The van der Waals surface area contributed by atoms with Crippen molar-refractivity contribution < 1.29 is 13.2 Å². The van der Waals surface area contributed by atoms with E-state index in [9.17, 15) is 13.2 Å². The summed E-state index contributed by atoms with van der Waals surface area (Å²) < 4.78 is 29.4. The molecule has 1 aliphatic heterocycles. The van der Waals surface area contributed by atoms with Crippen molar-refractivity contribution in [1.29, 1.82) is 0 Å². The van der Waals surface area contributed by atoms with Crippen molar-refractivity contribution >= 4 is 21.6 Å². The van der Waals surface area contributed by atoms with Crippen molar-refractivity contribution in [3.8, 4) is 0 Å². The number of sulfonamides is 1. The Bertz CT molecular complexity index is 1010. The second-order valence-corrected chi connectivity index (χ2v) is 9.68. The molecule has 3 rings (SSSR count). The van der Waals surface area contributed by atoms with Gasteiger partial charge in [-0.25, -0.2) is 8.42 Å². The highest BCUT2D eigenvalue weighted by Crippen LogP contribution is 2.26. The molecule has 1 aliphatic rings. The second kappa shape index (κ2) is 8.67. The Labute approximate surface area is 173 Å². The number of carbonyl (C=O) groups excluding carboxylic acids is 1. The van der Waals surface area contributed by atoms with Gasteiger partial charge in [0.05, 0.1) is 17.9 Å². The minimum atomic E-state index is -3.55. The first-order chi connectivity index (χ1) is 13.7. The lowest BCUT2D eigenvalue weighted by molar-refractivity contribution is -0.116. The van der Waals surface area contributed by atoms with Crippen LogP contribution in [0.1, 0.15) is 48.2 Å². The van der Waals surface area contributed by atoms with E-state index in [2.05, 4.69) is 10.4 Å². The molecule has 29 heavy (non-hydrogen) atoms. The number of aryl methyl sites for hydroxylation is 4. The van der Waals surface area contributed by atoms with Gasteiger partial charge in [0, 0.05) is 25.2 Å². The molecular formula is C21H30N4O3S. The van der Waals surface area contributed by atoms with Crippen molar-refractivity contribution in [2.24, 2.45) is 0 Å². The van der Waals surface area contributed by atoms with Crippen LogP contribution in [0, 0.1) is 27.7 Å². The number of aromatic nitrogens is 2. The minimum Gasteiger partial charge on any atom is -0.326 e. The smallest absolute Gasteiger partial charge is 0.246 e. The predicted octanol–water partition coefficient (Wildman–Crippen LogP) is 3.32. The average Bonchev–Trinajstić information content (AvgIpc) is 2.97. The van der Waals surface area contributed by atoms with Crippen molar-refractivity contribution in [1.82, 2.24) is 14.1 Å². The summed E-state index contributed by atoms with van der Waals surface area (Å²) in [4.78, 5) is 12.7. The molecule has 8 heteroatoms. The Kier molecular flexibility index (Phi) is 6.43. The molecule has 0 bridgehead atoms. The molecule has 2 aromatic rings. The third kappa shape index (κ3) is 4.70. The molecule has 7 nitrogen and oxygen atoms in total. The zero-order valence-corrected chi connectivity index (χ0v) is 18.5. The Hall–Kier alpha value is -2.19. The van der Waals surface area contributed by atoms with Crippen molar-refractivity contribution in [3.05, 3.63) is 40.7 Å². The van der Waals surface area contributed by atoms with E-state index in [0.717, 1.165) is 36.1 Å². The van der Waals surface area contributed by atoms with Gasteiger partial charge in [-0.1, -0.05) is 18.6 Å². The minimum absolute atomic E-state index is 0.119. The van der Waals surface area contributed by atoms with Crippen LogP contribution in [0.3, 0.4) is 0 Å². The normalized spacial score (nSPS) is 15.4. The maximum Gasteiger partial charge on any atom is 0.246 e. The molecule has 0 aliphatic carbocycles. The monoisotopic (exact) mass is 418 g/mol. The van der Waals surface area contributed by atoms with E-state index in [1.165, 1.54) is 0 Å². The van der Waals surface area contributed by atoms with Gasteiger partial charge in [0.1, 0.15) is 4.90 Å². The van der Waals surface area contributed by atoms with E-state index in [1.807, 2.05) is 32.0 Å². The number of rotatable bonds is 6. The molecule has 158 valence electrons. The van der Waals surface area contributed by atoms with Gasteiger partial charge in [-0.15, -0.1) is 0 Å². The summed E-state index contributed by atoms with van der Waals surface area (Å²) in [5.74, 6) is -0.119. The van der Waals surface area contributed by atoms with Crippen LogP contribution in [0.2, 0.25) is 0 Å². The SMILES string of the molecule is Cc1ccc(C)c(NC(=O)CCn2nc(C)c(S(=O)(=O)N3CCCCC3)c2C)c1. The molecule has 2 heterocycles. The topological polar surface area (TPSA) is 84.3 Å². The largest absolute Gasteiger partial charge is 0.326 e. The van der Waals surface area contributed by atoms with Crippen LogP contribution >= 0.6 is 0 Å². The number of hydrogen-bond acceptors (Lipinski definition) is 4. The number of nitrogens with one attached hydrogen (secondary N) is 1. The zero-order chi connectivity index (χ0) is 21.2. The fourth-order valence-electron chi connectivity index (χ4n) is 3.80. The first-order valence-corrected chi connectivity index (χ1v) is 11.6. The lowest BCUT2D eigenvalue weighted by Gasteiger charge is -2.26. The highest BCUT2D eigenvalue weighted by atomic mass is 32.2. The van der Waals surface area contributed by atoms with Gasteiger partial charge in [-0.3, -0.25) is 9.48 Å². The van der Waals surface area contributed by atoms with Crippen LogP contribution in [-0.2, 0) is 21.4 Å². The quantitative estimate of drug-likeness (QED) is 0.780. The van der Waals surface area contributed by atoms with Gasteiger partial charge < -0.3 is 5.32 Å². The summed E-state index contributed by atoms with van der Waals surface area (Å²) in [6, 6.07) is 5.93. The van der Waals surface area contributed by atoms with Gasteiger partial charge >= 0.3 is 0 Å². The Balaban J connectivity index is 1.71. The van der Waals surface area contributed by atoms with E-state index in [-0.39, 0.29) is 17.2 Å². The van der Waals surface area contributed by atoms with E-state index in [1.54, 1.807) is 22.8 Å². The number of benzene rings is 1. The summed E-state index contributed by atoms with van der Waals surface area (Å²) in [7, 11) is -3.55. The fourth-order valence-corrected chi connectivity index (χ4v) is 5.69. The Morgan fingerprint density at radius 3 is 2.48 bits per heavy atom. The maximum atomic E-state index is 13.1.